The first-order valence-electron chi connectivity index (χ1n) is 10.7. The van der Waals surface area contributed by atoms with Crippen molar-refractivity contribution in [3.05, 3.63) is 102 Å². The molecule has 0 fully saturated rings. The van der Waals surface area contributed by atoms with Gasteiger partial charge in [0.05, 0.1) is 19.9 Å². The average Bonchev–Trinajstić information content (AvgIpc) is 3.21. The summed E-state index contributed by atoms with van der Waals surface area (Å²) >= 11 is 1.40. The molecule has 0 bridgehead atoms. The monoisotopic (exact) mass is 471 g/mol. The first-order valence-corrected chi connectivity index (χ1v) is 11.5. The van der Waals surface area contributed by atoms with Gasteiger partial charge in [0, 0.05) is 17.7 Å². The third kappa shape index (κ3) is 4.94. The van der Waals surface area contributed by atoms with E-state index in [0.717, 1.165) is 11.3 Å². The molecule has 6 nitrogen and oxygen atoms in total. The van der Waals surface area contributed by atoms with Gasteiger partial charge in [-0.3, -0.25) is 4.79 Å². The molecule has 7 heteroatoms. The summed E-state index contributed by atoms with van der Waals surface area (Å²) in [6, 6.07) is 24.5. The lowest BCUT2D eigenvalue weighted by molar-refractivity contribution is 0.102. The van der Waals surface area contributed by atoms with Gasteiger partial charge in [0.1, 0.15) is 22.2 Å². The molecule has 4 aromatic rings. The summed E-state index contributed by atoms with van der Waals surface area (Å²) in [7, 11) is 3.22. The second kappa shape index (κ2) is 10.7. The highest BCUT2D eigenvalue weighted by molar-refractivity contribution is 7.14. The van der Waals surface area contributed by atoms with Gasteiger partial charge in [-0.25, -0.2) is 4.99 Å². The van der Waals surface area contributed by atoms with Gasteiger partial charge in [-0.05, 0) is 36.4 Å². The normalized spacial score (nSPS) is 11.2. The number of carbonyl (C=O) groups is 1. The number of thiazole rings is 1. The number of rotatable bonds is 8. The molecule has 3 aromatic carbocycles. The second-order valence-corrected chi connectivity index (χ2v) is 8.27. The van der Waals surface area contributed by atoms with E-state index in [2.05, 4.69) is 11.9 Å². The predicted octanol–water partition coefficient (Wildman–Crippen LogP) is 5.90. The van der Waals surface area contributed by atoms with E-state index in [9.17, 15) is 4.79 Å². The van der Waals surface area contributed by atoms with Crippen molar-refractivity contribution in [1.29, 1.82) is 0 Å². The number of anilines is 1. The fourth-order valence-electron chi connectivity index (χ4n) is 3.51. The van der Waals surface area contributed by atoms with Crippen LogP contribution in [0.15, 0.2) is 96.5 Å². The van der Waals surface area contributed by atoms with E-state index in [1.807, 2.05) is 65.2 Å². The molecular formula is C27H25N3O3S. The number of para-hydroxylation sites is 2. The molecule has 1 heterocycles. The van der Waals surface area contributed by atoms with Crippen LogP contribution in [0.3, 0.4) is 0 Å². The summed E-state index contributed by atoms with van der Waals surface area (Å²) < 4.78 is 12.7. The molecule has 34 heavy (non-hydrogen) atoms. The smallest absolute Gasteiger partial charge is 0.256 e. The lowest BCUT2D eigenvalue weighted by Gasteiger charge is -2.11. The Labute approximate surface area is 202 Å². The van der Waals surface area contributed by atoms with Crippen LogP contribution in [0.25, 0.3) is 11.3 Å². The maximum absolute atomic E-state index is 13.1. The van der Waals surface area contributed by atoms with Gasteiger partial charge in [-0.15, -0.1) is 6.58 Å². The van der Waals surface area contributed by atoms with Crippen molar-refractivity contribution < 1.29 is 14.3 Å². The molecule has 1 aromatic heterocycles. The van der Waals surface area contributed by atoms with Crippen LogP contribution in [0.2, 0.25) is 0 Å². The molecule has 1 amide bonds. The highest BCUT2D eigenvalue weighted by Crippen LogP contribution is 2.33. The molecule has 172 valence electrons. The first-order chi connectivity index (χ1) is 16.6. The molecular weight excluding hydrogens is 446 g/mol. The first kappa shape index (κ1) is 23.1. The third-order valence-electron chi connectivity index (χ3n) is 5.15. The average molecular weight is 472 g/mol. The van der Waals surface area contributed by atoms with E-state index < -0.39 is 0 Å². The van der Waals surface area contributed by atoms with Crippen LogP contribution >= 0.6 is 11.3 Å². The van der Waals surface area contributed by atoms with Gasteiger partial charge in [0.15, 0.2) is 4.80 Å². The number of carbonyl (C=O) groups excluding carboxylic acids is 1. The Morgan fingerprint density at radius 3 is 2.38 bits per heavy atom. The van der Waals surface area contributed by atoms with Crippen LogP contribution in [0.1, 0.15) is 10.4 Å². The Kier molecular flexibility index (Phi) is 7.25. The maximum atomic E-state index is 13.1. The molecule has 0 atom stereocenters. The van der Waals surface area contributed by atoms with Crippen LogP contribution in [0.4, 0.5) is 10.7 Å². The van der Waals surface area contributed by atoms with Crippen LogP contribution in [-0.2, 0) is 6.54 Å². The summed E-state index contributed by atoms with van der Waals surface area (Å²) in [6.45, 7) is 4.45. The maximum Gasteiger partial charge on any atom is 0.256 e. The fourth-order valence-corrected chi connectivity index (χ4v) is 4.58. The van der Waals surface area contributed by atoms with Crippen molar-refractivity contribution >= 4 is 27.9 Å². The number of nitrogens with zero attached hydrogens (tertiary/aromatic N) is 2. The zero-order valence-corrected chi connectivity index (χ0v) is 19.8. The number of hydrogen-bond donors (Lipinski definition) is 1. The topological polar surface area (TPSA) is 64.9 Å². The van der Waals surface area contributed by atoms with Crippen LogP contribution in [-0.4, -0.2) is 24.7 Å². The second-order valence-electron chi connectivity index (χ2n) is 7.29. The van der Waals surface area contributed by atoms with Crippen molar-refractivity contribution in [3.63, 3.8) is 0 Å². The lowest BCUT2D eigenvalue weighted by atomic mass is 10.1. The van der Waals surface area contributed by atoms with Crippen molar-refractivity contribution in [2.75, 3.05) is 19.5 Å². The summed E-state index contributed by atoms with van der Waals surface area (Å²) in [6.07, 6.45) is 1.81. The molecule has 0 saturated heterocycles. The third-order valence-corrected chi connectivity index (χ3v) is 6.14. The van der Waals surface area contributed by atoms with Crippen LogP contribution in [0, 0.1) is 0 Å². The Hall–Kier alpha value is -4.10. The number of nitrogens with one attached hydrogen (secondary N) is 1. The van der Waals surface area contributed by atoms with Crippen LogP contribution < -0.4 is 19.6 Å². The number of aromatic nitrogens is 1. The molecule has 0 aliphatic heterocycles. The molecule has 0 aliphatic rings. The minimum atomic E-state index is -0.212. The Morgan fingerprint density at radius 1 is 1.00 bits per heavy atom. The number of benzene rings is 3. The predicted molar refractivity (Wildman–Crippen MR) is 137 cm³/mol. The Bertz CT molecular complexity index is 1360. The highest BCUT2D eigenvalue weighted by atomic mass is 32.1. The number of amides is 1. The van der Waals surface area contributed by atoms with Gasteiger partial charge >= 0.3 is 0 Å². The molecule has 0 spiro atoms. The number of allylic oxidation sites excluding steroid dienone is 1. The van der Waals surface area contributed by atoms with Crippen molar-refractivity contribution in [2.24, 2.45) is 4.99 Å². The van der Waals surface area contributed by atoms with E-state index >= 15 is 0 Å². The minimum Gasteiger partial charge on any atom is -0.497 e. The van der Waals surface area contributed by atoms with Crippen molar-refractivity contribution in [1.82, 2.24) is 4.57 Å². The number of ether oxygens (including phenoxy) is 2. The zero-order valence-electron chi connectivity index (χ0n) is 19.0. The molecule has 4 rings (SSSR count). The van der Waals surface area contributed by atoms with Gasteiger partial charge in [0.25, 0.3) is 5.91 Å². The SMILES string of the molecule is C=CCn1c(-c2ccccc2)c(NC(=O)c2ccc(OC)cc2)sc1=Nc1ccccc1OC. The number of methoxy groups -OCH3 is 2. The molecule has 0 radical (unpaired) electrons. The zero-order chi connectivity index (χ0) is 23.9. The van der Waals surface area contributed by atoms with Gasteiger partial charge in [-0.1, -0.05) is 59.9 Å². The number of hydrogen-bond acceptors (Lipinski definition) is 5. The molecule has 1 N–H and O–H groups in total. The van der Waals surface area contributed by atoms with E-state index in [1.54, 1.807) is 38.5 Å². The minimum absolute atomic E-state index is 0.212. The molecule has 0 unspecified atom stereocenters. The summed E-state index contributed by atoms with van der Waals surface area (Å²) in [5, 5.41) is 3.79. The van der Waals surface area contributed by atoms with E-state index in [0.29, 0.717) is 39.1 Å². The highest BCUT2D eigenvalue weighted by Gasteiger charge is 2.18. The van der Waals surface area contributed by atoms with Crippen LogP contribution in [0.5, 0.6) is 11.5 Å². The molecule has 0 saturated carbocycles. The molecule has 0 aliphatic carbocycles. The Morgan fingerprint density at radius 2 is 1.71 bits per heavy atom. The fraction of sp³-hybridized carbons (Fsp3) is 0.111. The van der Waals surface area contributed by atoms with Gasteiger partial charge in [-0.2, -0.15) is 0 Å². The van der Waals surface area contributed by atoms with E-state index in [1.165, 1.54) is 11.3 Å². The van der Waals surface area contributed by atoms with Gasteiger partial charge in [0.2, 0.25) is 0 Å². The Balaban J connectivity index is 1.86. The summed E-state index contributed by atoms with van der Waals surface area (Å²) in [5.41, 5.74) is 3.07. The van der Waals surface area contributed by atoms with Gasteiger partial charge < -0.3 is 19.4 Å². The summed E-state index contributed by atoms with van der Waals surface area (Å²) in [5.74, 6) is 1.15. The quantitative estimate of drug-likeness (QED) is 0.325. The summed E-state index contributed by atoms with van der Waals surface area (Å²) in [4.78, 5) is 18.7. The largest absolute Gasteiger partial charge is 0.497 e. The van der Waals surface area contributed by atoms with E-state index in [4.69, 9.17) is 14.5 Å². The van der Waals surface area contributed by atoms with Crippen molar-refractivity contribution in [3.8, 4) is 22.8 Å². The van der Waals surface area contributed by atoms with E-state index in [-0.39, 0.29) is 5.91 Å². The van der Waals surface area contributed by atoms with Crippen molar-refractivity contribution in [2.45, 2.75) is 6.54 Å². The standard InChI is InChI=1S/C27H25N3O3S/c1-4-18-30-24(19-10-6-5-7-11-19)26(29-25(31)20-14-16-21(32-2)17-15-20)34-27(30)28-22-12-8-9-13-23(22)33-3/h4-17H,1,18H2,2-3H3,(H,29,31). The lowest BCUT2D eigenvalue weighted by Crippen LogP contribution is -2.15.